The molecule has 0 saturated heterocycles. The molecule has 0 saturated carbocycles. The predicted octanol–water partition coefficient (Wildman–Crippen LogP) is 8.18. The van der Waals surface area contributed by atoms with E-state index in [9.17, 15) is 0 Å². The summed E-state index contributed by atoms with van der Waals surface area (Å²) in [5, 5.41) is 12.9. The van der Waals surface area contributed by atoms with Crippen LogP contribution in [0.2, 0.25) is 5.02 Å². The van der Waals surface area contributed by atoms with Gasteiger partial charge in [0, 0.05) is 17.3 Å². The monoisotopic (exact) mass is 481 g/mol. The maximum atomic E-state index is 7.62. The molecule has 1 aromatic heterocycles. The van der Waals surface area contributed by atoms with E-state index in [4.69, 9.17) is 22.0 Å². The molecule has 35 heavy (non-hydrogen) atoms. The van der Waals surface area contributed by atoms with Gasteiger partial charge >= 0.3 is 0 Å². The van der Waals surface area contributed by atoms with Crippen molar-refractivity contribution in [2.75, 3.05) is 5.32 Å². The number of anilines is 1. The van der Waals surface area contributed by atoms with Gasteiger partial charge in [-0.1, -0.05) is 60.1 Å². The van der Waals surface area contributed by atoms with E-state index in [1.54, 1.807) is 0 Å². The minimum absolute atomic E-state index is 0.546. The highest BCUT2D eigenvalue weighted by Crippen LogP contribution is 2.32. The zero-order valence-electron chi connectivity index (χ0n) is 20.9. The number of allylic oxidation sites excluding steroid dienone is 1. The van der Waals surface area contributed by atoms with Gasteiger partial charge in [0.2, 0.25) is 0 Å². The lowest BCUT2D eigenvalue weighted by Gasteiger charge is -2.17. The molecule has 178 valence electrons. The summed E-state index contributed by atoms with van der Waals surface area (Å²) >= 11 is 7.06. The number of hydrogen-bond acceptors (Lipinski definition) is 3. The summed E-state index contributed by atoms with van der Waals surface area (Å²) in [6.45, 7) is 13.0. The van der Waals surface area contributed by atoms with Crippen molar-refractivity contribution >= 4 is 40.0 Å². The van der Waals surface area contributed by atoms with Gasteiger partial charge in [0.25, 0.3) is 0 Å². The minimum atomic E-state index is 0.546. The lowest BCUT2D eigenvalue weighted by molar-refractivity contribution is 0.942. The first kappa shape index (κ1) is 24.7. The molecule has 0 aliphatic rings. The fraction of sp³-hybridized carbons (Fsp3) is 0.226. The molecular formula is C31H32ClN3. The number of hydrogen-bond donors (Lipinski definition) is 2. The molecule has 3 aromatic carbocycles. The van der Waals surface area contributed by atoms with Crippen molar-refractivity contribution in [1.82, 2.24) is 4.98 Å². The molecule has 3 nitrogen and oxygen atoms in total. The van der Waals surface area contributed by atoms with Crippen LogP contribution in [0.4, 0.5) is 5.69 Å². The summed E-state index contributed by atoms with van der Waals surface area (Å²) < 4.78 is 0. The van der Waals surface area contributed by atoms with Crippen LogP contribution in [0.5, 0.6) is 0 Å². The largest absolute Gasteiger partial charge is 0.379 e. The molecule has 0 amide bonds. The van der Waals surface area contributed by atoms with E-state index >= 15 is 0 Å². The Morgan fingerprint density at radius 3 is 2.40 bits per heavy atom. The molecule has 0 bridgehead atoms. The summed E-state index contributed by atoms with van der Waals surface area (Å²) in [6.07, 6.45) is 2.99. The summed E-state index contributed by atoms with van der Waals surface area (Å²) in [4.78, 5) is 4.93. The standard InChI is InChI=1S/C31H32ClN3/c1-19-6-8-21(3)24(14-19)10-12-26-27-16-25(23(5)17-33)11-13-28(27)35-30(31(26)32)18-34-29-15-20(2)7-9-22(29)4/h6-9,11,13-17,33-34H,5,10,12,18H2,1-4H3. The molecule has 4 rings (SSSR count). The van der Waals surface area contributed by atoms with Gasteiger partial charge in [-0.2, -0.15) is 0 Å². The van der Waals surface area contributed by atoms with Gasteiger partial charge in [-0.15, -0.1) is 0 Å². The van der Waals surface area contributed by atoms with Gasteiger partial charge in [-0.3, -0.25) is 0 Å². The van der Waals surface area contributed by atoms with Crippen molar-refractivity contribution in [3.8, 4) is 0 Å². The van der Waals surface area contributed by atoms with Crippen LogP contribution < -0.4 is 5.32 Å². The van der Waals surface area contributed by atoms with E-state index in [1.165, 1.54) is 34.0 Å². The lowest BCUT2D eigenvalue weighted by atomic mass is 9.95. The molecule has 0 atom stereocenters. The van der Waals surface area contributed by atoms with Crippen LogP contribution in [0.1, 0.15) is 44.6 Å². The van der Waals surface area contributed by atoms with E-state index in [2.05, 4.69) is 82.1 Å². The first-order valence-electron chi connectivity index (χ1n) is 11.9. The number of nitrogens with one attached hydrogen (secondary N) is 2. The molecule has 0 spiro atoms. The third-order valence-electron chi connectivity index (χ3n) is 6.63. The van der Waals surface area contributed by atoms with Crippen molar-refractivity contribution in [1.29, 1.82) is 5.41 Å². The molecule has 0 fully saturated rings. The highest BCUT2D eigenvalue weighted by atomic mass is 35.5. The van der Waals surface area contributed by atoms with Crippen molar-refractivity contribution in [2.45, 2.75) is 47.1 Å². The number of aryl methyl sites for hydroxylation is 6. The second-order valence-corrected chi connectivity index (χ2v) is 9.73. The Hall–Kier alpha value is -3.43. The quantitative estimate of drug-likeness (QED) is 0.249. The Morgan fingerprint density at radius 1 is 0.943 bits per heavy atom. The number of nitrogens with zero attached hydrogens (tertiary/aromatic N) is 1. The van der Waals surface area contributed by atoms with E-state index in [0.717, 1.165) is 46.3 Å². The van der Waals surface area contributed by atoms with E-state index < -0.39 is 0 Å². The topological polar surface area (TPSA) is 48.8 Å². The Labute approximate surface area is 213 Å². The predicted molar refractivity (Wildman–Crippen MR) is 151 cm³/mol. The first-order chi connectivity index (χ1) is 16.8. The first-order valence-corrected chi connectivity index (χ1v) is 12.3. The summed E-state index contributed by atoms with van der Waals surface area (Å²) in [5.41, 5.74) is 11.8. The van der Waals surface area contributed by atoms with Crippen LogP contribution in [-0.2, 0) is 19.4 Å². The van der Waals surface area contributed by atoms with Gasteiger partial charge in [-0.25, -0.2) is 4.98 Å². The van der Waals surface area contributed by atoms with Crippen LogP contribution in [0, 0.1) is 33.1 Å². The van der Waals surface area contributed by atoms with Gasteiger partial charge in [-0.05, 0) is 97.7 Å². The maximum Gasteiger partial charge on any atom is 0.0791 e. The fourth-order valence-corrected chi connectivity index (χ4v) is 4.75. The van der Waals surface area contributed by atoms with Crippen LogP contribution >= 0.6 is 11.6 Å². The second kappa shape index (κ2) is 10.5. The second-order valence-electron chi connectivity index (χ2n) is 9.35. The Kier molecular flexibility index (Phi) is 7.37. The van der Waals surface area contributed by atoms with Crippen LogP contribution in [0.15, 0.2) is 61.2 Å². The smallest absolute Gasteiger partial charge is 0.0791 e. The zero-order chi connectivity index (χ0) is 25.1. The Balaban J connectivity index is 1.75. The highest BCUT2D eigenvalue weighted by molar-refractivity contribution is 6.33. The molecule has 4 heteroatoms. The van der Waals surface area contributed by atoms with E-state index in [1.807, 2.05) is 12.1 Å². The number of rotatable bonds is 8. The van der Waals surface area contributed by atoms with Crippen molar-refractivity contribution in [2.24, 2.45) is 0 Å². The van der Waals surface area contributed by atoms with Crippen LogP contribution in [0.25, 0.3) is 16.5 Å². The zero-order valence-corrected chi connectivity index (χ0v) is 21.7. The Morgan fingerprint density at radius 2 is 1.66 bits per heavy atom. The van der Waals surface area contributed by atoms with Crippen LogP contribution in [-0.4, -0.2) is 11.2 Å². The fourth-order valence-electron chi connectivity index (χ4n) is 4.44. The lowest BCUT2D eigenvalue weighted by Crippen LogP contribution is -2.07. The molecule has 0 radical (unpaired) electrons. The number of pyridine rings is 1. The number of halogens is 1. The molecular weight excluding hydrogens is 450 g/mol. The summed E-state index contributed by atoms with van der Waals surface area (Å²) in [7, 11) is 0. The SMILES string of the molecule is C=C(C=N)c1ccc2nc(CNc3cc(C)ccc3C)c(Cl)c(CCc3cc(C)ccc3C)c2c1. The third-order valence-corrected chi connectivity index (χ3v) is 7.08. The summed E-state index contributed by atoms with van der Waals surface area (Å²) in [5.74, 6) is 0. The average molecular weight is 482 g/mol. The number of fused-ring (bicyclic) bond motifs is 1. The number of aromatic nitrogens is 1. The third kappa shape index (κ3) is 5.47. The molecule has 4 aromatic rings. The number of benzene rings is 3. The molecule has 2 N–H and O–H groups in total. The van der Waals surface area contributed by atoms with Crippen molar-refractivity contribution < 1.29 is 0 Å². The average Bonchev–Trinajstić information content (AvgIpc) is 2.85. The van der Waals surface area contributed by atoms with E-state index in [0.29, 0.717) is 17.1 Å². The molecule has 0 unspecified atom stereocenters. The Bertz CT molecular complexity index is 1440. The van der Waals surface area contributed by atoms with Gasteiger partial charge in [0.05, 0.1) is 22.8 Å². The van der Waals surface area contributed by atoms with Gasteiger partial charge in [0.15, 0.2) is 0 Å². The highest BCUT2D eigenvalue weighted by Gasteiger charge is 2.16. The van der Waals surface area contributed by atoms with Crippen LogP contribution in [0.3, 0.4) is 0 Å². The van der Waals surface area contributed by atoms with Crippen molar-refractivity contribution in [3.63, 3.8) is 0 Å². The normalized spacial score (nSPS) is 11.0. The molecule has 1 heterocycles. The molecule has 0 aliphatic carbocycles. The minimum Gasteiger partial charge on any atom is -0.379 e. The molecule has 0 aliphatic heterocycles. The maximum absolute atomic E-state index is 7.62. The van der Waals surface area contributed by atoms with E-state index in [-0.39, 0.29) is 0 Å². The van der Waals surface area contributed by atoms with Gasteiger partial charge in [0.1, 0.15) is 0 Å². The summed E-state index contributed by atoms with van der Waals surface area (Å²) in [6, 6.07) is 19.1. The van der Waals surface area contributed by atoms with Gasteiger partial charge < -0.3 is 10.7 Å². The van der Waals surface area contributed by atoms with Crippen molar-refractivity contribution in [3.05, 3.63) is 111 Å².